The first-order valence-electron chi connectivity index (χ1n) is 7.17. The summed E-state index contributed by atoms with van der Waals surface area (Å²) in [4.78, 5) is 0. The largest absolute Gasteiger partial charge is 0.129 e. The molecule has 18 heavy (non-hydrogen) atoms. The lowest BCUT2D eigenvalue weighted by Crippen LogP contribution is -1.73. The Labute approximate surface area is 122 Å². The Morgan fingerprint density at radius 1 is 0.833 bits per heavy atom. The first-order chi connectivity index (χ1) is 8.91. The maximum atomic E-state index is 3.38. The molecule has 0 saturated heterocycles. The molecule has 1 heteroatoms. The molecule has 0 aromatic heterocycles. The number of rotatable bonds is 11. The molecule has 0 aromatic rings. The summed E-state index contributed by atoms with van der Waals surface area (Å²) >= 11 is 3.38. The molecule has 0 unspecified atom stereocenters. The first-order valence-corrected chi connectivity index (χ1v) is 8.29. The number of unbranched alkanes of at least 4 members (excludes halogenated alkanes) is 4. The SMILES string of the molecule is CCCCCC/C=C\C/C=C\CC=C=CCCBr. The molecule has 0 amide bonds. The molecule has 0 saturated carbocycles. The molecule has 0 rings (SSSR count). The Bertz CT molecular complexity index is 267. The van der Waals surface area contributed by atoms with Crippen molar-refractivity contribution in [2.75, 3.05) is 5.33 Å². The summed E-state index contributed by atoms with van der Waals surface area (Å²) in [7, 11) is 0. The molecule has 0 heterocycles. The third-order valence-electron chi connectivity index (χ3n) is 2.57. The highest BCUT2D eigenvalue weighted by molar-refractivity contribution is 9.09. The van der Waals surface area contributed by atoms with E-state index in [0.717, 1.165) is 24.6 Å². The second-order valence-corrected chi connectivity index (χ2v) is 5.11. The zero-order valence-electron chi connectivity index (χ0n) is 11.7. The predicted molar refractivity (Wildman–Crippen MR) is 87.3 cm³/mol. The molecule has 0 fully saturated rings. The van der Waals surface area contributed by atoms with Crippen molar-refractivity contribution in [2.45, 2.75) is 58.3 Å². The van der Waals surface area contributed by atoms with Gasteiger partial charge in [-0.1, -0.05) is 66.4 Å². The lowest BCUT2D eigenvalue weighted by molar-refractivity contribution is 0.674. The van der Waals surface area contributed by atoms with Crippen molar-refractivity contribution in [3.63, 3.8) is 0 Å². The molecular weight excluding hydrogens is 284 g/mol. The molecule has 0 N–H and O–H groups in total. The van der Waals surface area contributed by atoms with Gasteiger partial charge in [-0.25, -0.2) is 0 Å². The maximum absolute atomic E-state index is 3.38. The van der Waals surface area contributed by atoms with Gasteiger partial charge >= 0.3 is 0 Å². The number of halogens is 1. The van der Waals surface area contributed by atoms with Crippen LogP contribution in [0.2, 0.25) is 0 Å². The molecule has 102 valence electrons. The van der Waals surface area contributed by atoms with Crippen LogP contribution in [0.5, 0.6) is 0 Å². The minimum atomic E-state index is 0.989. The van der Waals surface area contributed by atoms with Crippen LogP contribution in [0.3, 0.4) is 0 Å². The van der Waals surface area contributed by atoms with Gasteiger partial charge in [-0.3, -0.25) is 0 Å². The molecule has 0 aliphatic rings. The topological polar surface area (TPSA) is 0 Å². The molecule has 0 nitrogen and oxygen atoms in total. The Balaban J connectivity index is 3.36. The summed E-state index contributed by atoms with van der Waals surface area (Å²) in [6.45, 7) is 2.25. The van der Waals surface area contributed by atoms with E-state index in [2.05, 4.69) is 65.0 Å². The van der Waals surface area contributed by atoms with E-state index in [1.54, 1.807) is 0 Å². The average Bonchev–Trinajstić information content (AvgIpc) is 2.39. The van der Waals surface area contributed by atoms with Gasteiger partial charge in [0.2, 0.25) is 0 Å². The average molecular weight is 311 g/mol. The van der Waals surface area contributed by atoms with Crippen LogP contribution in [0, 0.1) is 0 Å². The normalized spacial score (nSPS) is 11.0. The highest BCUT2D eigenvalue weighted by Crippen LogP contribution is 2.03. The molecule has 0 radical (unpaired) electrons. The number of allylic oxidation sites excluding steroid dienone is 5. The monoisotopic (exact) mass is 310 g/mol. The van der Waals surface area contributed by atoms with E-state index >= 15 is 0 Å². The Morgan fingerprint density at radius 2 is 1.61 bits per heavy atom. The van der Waals surface area contributed by atoms with Crippen LogP contribution in [-0.4, -0.2) is 5.33 Å². The Kier molecular flexibility index (Phi) is 16.0. The molecule has 0 aliphatic heterocycles. The van der Waals surface area contributed by atoms with E-state index in [4.69, 9.17) is 0 Å². The second-order valence-electron chi connectivity index (χ2n) is 4.32. The van der Waals surface area contributed by atoms with Gasteiger partial charge in [0.1, 0.15) is 0 Å². The zero-order chi connectivity index (χ0) is 13.3. The number of alkyl halides is 1. The Morgan fingerprint density at radius 3 is 2.39 bits per heavy atom. The predicted octanol–water partition coefficient (Wildman–Crippen LogP) is 6.35. The zero-order valence-corrected chi connectivity index (χ0v) is 13.3. The van der Waals surface area contributed by atoms with Crippen molar-refractivity contribution >= 4 is 15.9 Å². The van der Waals surface area contributed by atoms with Crippen LogP contribution in [0.15, 0.2) is 42.2 Å². The van der Waals surface area contributed by atoms with Crippen molar-refractivity contribution in [1.29, 1.82) is 0 Å². The van der Waals surface area contributed by atoms with E-state index in [1.807, 2.05) is 0 Å². The summed E-state index contributed by atoms with van der Waals surface area (Å²) < 4.78 is 0. The maximum Gasteiger partial charge on any atom is 0.00719 e. The fraction of sp³-hybridized carbons (Fsp3) is 0.588. The van der Waals surface area contributed by atoms with E-state index in [9.17, 15) is 0 Å². The van der Waals surface area contributed by atoms with Crippen LogP contribution in [0.25, 0.3) is 0 Å². The van der Waals surface area contributed by atoms with Crippen LogP contribution in [-0.2, 0) is 0 Å². The van der Waals surface area contributed by atoms with Gasteiger partial charge < -0.3 is 0 Å². The molecule has 0 aromatic carbocycles. The highest BCUT2D eigenvalue weighted by atomic mass is 79.9. The van der Waals surface area contributed by atoms with Crippen molar-refractivity contribution in [2.24, 2.45) is 0 Å². The van der Waals surface area contributed by atoms with Crippen LogP contribution >= 0.6 is 15.9 Å². The van der Waals surface area contributed by atoms with Gasteiger partial charge in [0.05, 0.1) is 0 Å². The molecule has 0 bridgehead atoms. The molecular formula is C17H27Br. The quantitative estimate of drug-likeness (QED) is 0.181. The van der Waals surface area contributed by atoms with Crippen molar-refractivity contribution < 1.29 is 0 Å². The summed E-state index contributed by atoms with van der Waals surface area (Å²) in [5.41, 5.74) is 3.17. The summed E-state index contributed by atoms with van der Waals surface area (Å²) in [6.07, 6.45) is 22.9. The van der Waals surface area contributed by atoms with Gasteiger partial charge in [-0.15, -0.1) is 5.73 Å². The van der Waals surface area contributed by atoms with E-state index in [0.29, 0.717) is 0 Å². The molecule has 0 atom stereocenters. The van der Waals surface area contributed by atoms with E-state index in [-0.39, 0.29) is 0 Å². The van der Waals surface area contributed by atoms with Gasteiger partial charge in [-0.2, -0.15) is 0 Å². The van der Waals surface area contributed by atoms with Gasteiger partial charge in [-0.05, 0) is 44.3 Å². The van der Waals surface area contributed by atoms with Crippen molar-refractivity contribution in [1.82, 2.24) is 0 Å². The van der Waals surface area contributed by atoms with Gasteiger partial charge in [0, 0.05) is 5.33 Å². The third kappa shape index (κ3) is 15.5. The van der Waals surface area contributed by atoms with E-state index < -0.39 is 0 Å². The smallest absolute Gasteiger partial charge is 0.00719 e. The fourth-order valence-corrected chi connectivity index (χ4v) is 1.76. The van der Waals surface area contributed by atoms with Crippen molar-refractivity contribution in [3.05, 3.63) is 42.2 Å². The number of hydrogen-bond acceptors (Lipinski definition) is 0. The minimum absolute atomic E-state index is 0.989. The van der Waals surface area contributed by atoms with Crippen LogP contribution in [0.1, 0.15) is 58.3 Å². The van der Waals surface area contributed by atoms with E-state index in [1.165, 1.54) is 32.1 Å². The lowest BCUT2D eigenvalue weighted by Gasteiger charge is -1.93. The van der Waals surface area contributed by atoms with Crippen molar-refractivity contribution in [3.8, 4) is 0 Å². The fourth-order valence-electron chi connectivity index (χ4n) is 1.53. The standard InChI is InChI=1S/C17H27Br/c1-2-3-4-5-6-7-8-9-10-11-12-13-14-15-16-17-18/h7-8,10-11,13,15H,2-6,9,12,16-17H2,1H3/b8-7-,11-10-. The summed E-state index contributed by atoms with van der Waals surface area (Å²) in [6, 6.07) is 0. The van der Waals surface area contributed by atoms with Gasteiger partial charge in [0.25, 0.3) is 0 Å². The molecule has 0 spiro atoms. The molecule has 0 aliphatic carbocycles. The summed E-state index contributed by atoms with van der Waals surface area (Å²) in [5.74, 6) is 0. The second kappa shape index (κ2) is 16.5. The first kappa shape index (κ1) is 17.5. The Hall–Kier alpha value is -0.520. The van der Waals surface area contributed by atoms with Crippen LogP contribution < -0.4 is 0 Å². The van der Waals surface area contributed by atoms with Gasteiger partial charge in [0.15, 0.2) is 0 Å². The lowest BCUT2D eigenvalue weighted by atomic mass is 10.1. The highest BCUT2D eigenvalue weighted by Gasteiger charge is 1.83. The van der Waals surface area contributed by atoms with Crippen LogP contribution in [0.4, 0.5) is 0 Å². The minimum Gasteiger partial charge on any atom is -0.129 e. The third-order valence-corrected chi connectivity index (χ3v) is 3.03. The summed E-state index contributed by atoms with van der Waals surface area (Å²) in [5, 5.41) is 1.02. The number of hydrogen-bond donors (Lipinski definition) is 0.